The van der Waals surface area contributed by atoms with Crippen molar-refractivity contribution in [1.82, 2.24) is 5.32 Å². The number of ether oxygens (including phenoxy) is 2. The Morgan fingerprint density at radius 2 is 1.67 bits per heavy atom. The molecule has 1 amide bonds. The molecule has 1 N–H and O–H groups in total. The topological polar surface area (TPSA) is 47.6 Å². The SMILES string of the molecule is O=C(Cc1ccc2ccccc2c1)NCc1ccc2c(c1)OCO2. The second-order valence-electron chi connectivity index (χ2n) is 5.82. The number of fused-ring (bicyclic) bond motifs is 2. The van der Waals surface area contributed by atoms with Gasteiger partial charge in [0.25, 0.3) is 0 Å². The predicted molar refractivity (Wildman–Crippen MR) is 92.1 cm³/mol. The van der Waals surface area contributed by atoms with Gasteiger partial charge in [-0.05, 0) is 34.0 Å². The molecule has 0 atom stereocenters. The summed E-state index contributed by atoms with van der Waals surface area (Å²) in [5.41, 5.74) is 2.00. The van der Waals surface area contributed by atoms with Gasteiger partial charge < -0.3 is 14.8 Å². The van der Waals surface area contributed by atoms with Crippen molar-refractivity contribution < 1.29 is 14.3 Å². The Bertz CT molecular complexity index is 904. The monoisotopic (exact) mass is 319 g/mol. The Morgan fingerprint density at radius 3 is 2.58 bits per heavy atom. The third-order valence-electron chi connectivity index (χ3n) is 4.11. The number of nitrogens with one attached hydrogen (secondary N) is 1. The van der Waals surface area contributed by atoms with Gasteiger partial charge in [-0.15, -0.1) is 0 Å². The largest absolute Gasteiger partial charge is 0.454 e. The molecule has 1 aliphatic heterocycles. The van der Waals surface area contributed by atoms with Gasteiger partial charge in [-0.25, -0.2) is 0 Å². The smallest absolute Gasteiger partial charge is 0.231 e. The van der Waals surface area contributed by atoms with Gasteiger partial charge in [-0.1, -0.05) is 48.5 Å². The molecule has 1 aliphatic rings. The van der Waals surface area contributed by atoms with Crippen molar-refractivity contribution in [2.45, 2.75) is 13.0 Å². The fraction of sp³-hybridized carbons (Fsp3) is 0.150. The van der Waals surface area contributed by atoms with Gasteiger partial charge in [-0.3, -0.25) is 4.79 Å². The Hall–Kier alpha value is -3.01. The van der Waals surface area contributed by atoms with Crippen LogP contribution in [0.15, 0.2) is 60.7 Å². The fourth-order valence-corrected chi connectivity index (χ4v) is 2.85. The molecule has 24 heavy (non-hydrogen) atoms. The highest BCUT2D eigenvalue weighted by atomic mass is 16.7. The molecule has 0 bridgehead atoms. The first kappa shape index (κ1) is 14.6. The Labute approximate surface area is 140 Å². The summed E-state index contributed by atoms with van der Waals surface area (Å²) < 4.78 is 10.6. The standard InChI is InChI=1S/C20H17NO3/c22-20(11-14-5-7-16-3-1-2-4-17(16)9-14)21-12-15-6-8-18-19(10-15)24-13-23-18/h1-10H,11-13H2,(H,21,22). The van der Waals surface area contributed by atoms with Crippen LogP contribution in [0.2, 0.25) is 0 Å². The molecule has 4 rings (SSSR count). The zero-order chi connectivity index (χ0) is 16.4. The van der Waals surface area contributed by atoms with Gasteiger partial charge in [0, 0.05) is 6.54 Å². The van der Waals surface area contributed by atoms with Crippen LogP contribution in [0.5, 0.6) is 11.5 Å². The van der Waals surface area contributed by atoms with E-state index in [1.54, 1.807) is 0 Å². The molecule has 0 unspecified atom stereocenters. The van der Waals surface area contributed by atoms with E-state index in [2.05, 4.69) is 29.6 Å². The van der Waals surface area contributed by atoms with E-state index < -0.39 is 0 Å². The molecule has 0 aliphatic carbocycles. The average molecular weight is 319 g/mol. The van der Waals surface area contributed by atoms with Crippen LogP contribution >= 0.6 is 0 Å². The van der Waals surface area contributed by atoms with E-state index in [4.69, 9.17) is 9.47 Å². The molecular formula is C20H17NO3. The van der Waals surface area contributed by atoms with E-state index in [9.17, 15) is 4.79 Å². The number of hydrogen-bond acceptors (Lipinski definition) is 3. The molecule has 3 aromatic rings. The third-order valence-corrected chi connectivity index (χ3v) is 4.11. The predicted octanol–water partition coefficient (Wildman–Crippen LogP) is 3.43. The molecule has 0 spiro atoms. The van der Waals surface area contributed by atoms with Crippen LogP contribution in [0.25, 0.3) is 10.8 Å². The Morgan fingerprint density at radius 1 is 0.875 bits per heavy atom. The molecule has 0 aromatic heterocycles. The zero-order valence-electron chi connectivity index (χ0n) is 13.1. The Kier molecular flexibility index (Phi) is 3.79. The molecule has 0 fully saturated rings. The maximum absolute atomic E-state index is 12.2. The van der Waals surface area contributed by atoms with E-state index in [1.165, 1.54) is 5.39 Å². The molecule has 0 saturated carbocycles. The van der Waals surface area contributed by atoms with Crippen molar-refractivity contribution in [2.24, 2.45) is 0 Å². The molecule has 120 valence electrons. The van der Waals surface area contributed by atoms with Crippen LogP contribution in [0.3, 0.4) is 0 Å². The van der Waals surface area contributed by atoms with Crippen molar-refractivity contribution >= 4 is 16.7 Å². The first-order valence-corrected chi connectivity index (χ1v) is 7.91. The molecule has 0 saturated heterocycles. The number of hydrogen-bond donors (Lipinski definition) is 1. The normalized spacial score (nSPS) is 12.3. The Balaban J connectivity index is 1.39. The van der Waals surface area contributed by atoms with Gasteiger partial charge in [0.2, 0.25) is 12.7 Å². The van der Waals surface area contributed by atoms with Crippen molar-refractivity contribution in [3.8, 4) is 11.5 Å². The lowest BCUT2D eigenvalue weighted by Gasteiger charge is -2.07. The zero-order valence-corrected chi connectivity index (χ0v) is 13.1. The summed E-state index contributed by atoms with van der Waals surface area (Å²) in [6.07, 6.45) is 0.370. The second kappa shape index (κ2) is 6.24. The molecular weight excluding hydrogens is 302 g/mol. The van der Waals surface area contributed by atoms with Gasteiger partial charge in [-0.2, -0.15) is 0 Å². The van der Waals surface area contributed by atoms with E-state index in [0.29, 0.717) is 13.0 Å². The first-order chi connectivity index (χ1) is 11.8. The molecule has 4 nitrogen and oxygen atoms in total. The average Bonchev–Trinajstić information content (AvgIpc) is 3.07. The van der Waals surface area contributed by atoms with Gasteiger partial charge in [0.15, 0.2) is 11.5 Å². The summed E-state index contributed by atoms with van der Waals surface area (Å²) in [5, 5.41) is 5.29. The van der Waals surface area contributed by atoms with Crippen LogP contribution in [0, 0.1) is 0 Å². The van der Waals surface area contributed by atoms with Crippen LogP contribution in [0.1, 0.15) is 11.1 Å². The number of rotatable bonds is 4. The van der Waals surface area contributed by atoms with E-state index in [0.717, 1.165) is 28.0 Å². The van der Waals surface area contributed by atoms with Crippen LogP contribution in [-0.2, 0) is 17.8 Å². The van der Waals surface area contributed by atoms with Crippen molar-refractivity contribution in [2.75, 3.05) is 6.79 Å². The summed E-state index contributed by atoms with van der Waals surface area (Å²) in [6, 6.07) is 20.0. The number of amides is 1. The minimum absolute atomic E-state index is 0.00273. The van der Waals surface area contributed by atoms with Crippen molar-refractivity contribution in [3.05, 3.63) is 71.8 Å². The molecule has 4 heteroatoms. The summed E-state index contributed by atoms with van der Waals surface area (Å²) in [6.45, 7) is 0.732. The highest BCUT2D eigenvalue weighted by Gasteiger charge is 2.13. The minimum Gasteiger partial charge on any atom is -0.454 e. The summed E-state index contributed by atoms with van der Waals surface area (Å²) in [4.78, 5) is 12.2. The summed E-state index contributed by atoms with van der Waals surface area (Å²) >= 11 is 0. The van der Waals surface area contributed by atoms with E-state index in [1.807, 2.05) is 36.4 Å². The van der Waals surface area contributed by atoms with Crippen LogP contribution in [-0.4, -0.2) is 12.7 Å². The fourth-order valence-electron chi connectivity index (χ4n) is 2.85. The van der Waals surface area contributed by atoms with E-state index >= 15 is 0 Å². The van der Waals surface area contributed by atoms with Crippen LogP contribution in [0.4, 0.5) is 0 Å². The van der Waals surface area contributed by atoms with Crippen LogP contribution < -0.4 is 14.8 Å². The second-order valence-corrected chi connectivity index (χ2v) is 5.82. The molecule has 1 heterocycles. The first-order valence-electron chi connectivity index (χ1n) is 7.91. The molecule has 0 radical (unpaired) electrons. The quantitative estimate of drug-likeness (QED) is 0.801. The maximum Gasteiger partial charge on any atom is 0.231 e. The highest BCUT2D eigenvalue weighted by molar-refractivity contribution is 5.85. The summed E-state index contributed by atoms with van der Waals surface area (Å²) in [7, 11) is 0. The highest BCUT2D eigenvalue weighted by Crippen LogP contribution is 2.32. The van der Waals surface area contributed by atoms with Crippen molar-refractivity contribution in [1.29, 1.82) is 0 Å². The lowest BCUT2D eigenvalue weighted by molar-refractivity contribution is -0.120. The van der Waals surface area contributed by atoms with Gasteiger partial charge in [0.05, 0.1) is 6.42 Å². The van der Waals surface area contributed by atoms with Crippen molar-refractivity contribution in [3.63, 3.8) is 0 Å². The number of benzene rings is 3. The molecule has 3 aromatic carbocycles. The van der Waals surface area contributed by atoms with Gasteiger partial charge >= 0.3 is 0 Å². The number of carbonyl (C=O) groups excluding carboxylic acids is 1. The maximum atomic E-state index is 12.2. The van der Waals surface area contributed by atoms with Gasteiger partial charge in [0.1, 0.15) is 0 Å². The minimum atomic E-state index is 0.00273. The summed E-state index contributed by atoms with van der Waals surface area (Å²) in [5.74, 6) is 1.49. The van der Waals surface area contributed by atoms with E-state index in [-0.39, 0.29) is 12.7 Å². The lowest BCUT2D eigenvalue weighted by Crippen LogP contribution is -2.24. The lowest BCUT2D eigenvalue weighted by atomic mass is 10.0. The third kappa shape index (κ3) is 3.04. The number of carbonyl (C=O) groups is 1.